The van der Waals surface area contributed by atoms with Crippen molar-refractivity contribution >= 4 is 29.4 Å². The molecule has 0 aliphatic carbocycles. The van der Waals surface area contributed by atoms with Crippen molar-refractivity contribution in [1.29, 1.82) is 0 Å². The second-order valence-electron chi connectivity index (χ2n) is 4.75. The van der Waals surface area contributed by atoms with Gasteiger partial charge < -0.3 is 4.18 Å². The largest absolute Gasteiger partial charge is 0.404 e. The van der Waals surface area contributed by atoms with Gasteiger partial charge in [0.2, 0.25) is 12.2 Å². The highest BCUT2D eigenvalue weighted by molar-refractivity contribution is 7.93. The quantitative estimate of drug-likeness (QED) is 0.363. The van der Waals surface area contributed by atoms with E-state index in [1.165, 1.54) is 0 Å². The third-order valence-corrected chi connectivity index (χ3v) is 3.87. The fourth-order valence-electron chi connectivity index (χ4n) is 2.36. The molecule has 0 saturated carbocycles. The lowest BCUT2D eigenvalue weighted by molar-refractivity contribution is -0.172. The van der Waals surface area contributed by atoms with E-state index in [9.17, 15) is 0 Å². The molecule has 1 aromatic heterocycles. The van der Waals surface area contributed by atoms with Crippen LogP contribution in [0.1, 0.15) is 17.2 Å². The van der Waals surface area contributed by atoms with Gasteiger partial charge in [-0.15, -0.1) is 0 Å². The molecule has 0 saturated heterocycles. The zero-order valence-electron chi connectivity index (χ0n) is 11.3. The van der Waals surface area contributed by atoms with Crippen LogP contribution in [0, 0.1) is 0 Å². The first kappa shape index (κ1) is 13.1. The maximum absolute atomic E-state index is 5.53. The third-order valence-electron chi connectivity index (χ3n) is 3.41. The van der Waals surface area contributed by atoms with Gasteiger partial charge in [-0.2, -0.15) is 4.40 Å². The second kappa shape index (κ2) is 5.65. The Balaban J connectivity index is 1.91. The highest BCUT2D eigenvalue weighted by Gasteiger charge is 2.22. The highest BCUT2D eigenvalue weighted by Crippen LogP contribution is 2.35. The summed E-state index contributed by atoms with van der Waals surface area (Å²) >= 11 is 1.03. The first-order chi connectivity index (χ1) is 10.9. The van der Waals surface area contributed by atoms with Gasteiger partial charge in [-0.1, -0.05) is 41.1 Å². The van der Waals surface area contributed by atoms with Crippen LogP contribution in [0.5, 0.6) is 5.75 Å². The minimum atomic E-state index is -0.221. The summed E-state index contributed by atoms with van der Waals surface area (Å²) in [6, 6.07) is 17.1. The first-order valence-electron chi connectivity index (χ1n) is 6.70. The lowest BCUT2D eigenvalue weighted by Gasteiger charge is -2.09. The number of rotatable bonds is 1. The van der Waals surface area contributed by atoms with Gasteiger partial charge in [0.15, 0.2) is 11.3 Å². The summed E-state index contributed by atoms with van der Waals surface area (Å²) in [6.07, 6.45) is 1.76. The van der Waals surface area contributed by atoms with Crippen LogP contribution in [0.15, 0.2) is 72.9 Å². The van der Waals surface area contributed by atoms with Gasteiger partial charge in [0, 0.05) is 17.2 Å². The molecule has 0 fully saturated rings. The summed E-state index contributed by atoms with van der Waals surface area (Å²) in [6.45, 7) is 0. The van der Waals surface area contributed by atoms with E-state index in [0.29, 0.717) is 11.3 Å². The molecule has 22 heavy (non-hydrogen) atoms. The molecular weight excluding hydrogens is 302 g/mol. The predicted molar refractivity (Wildman–Crippen MR) is 83.4 cm³/mol. The van der Waals surface area contributed by atoms with Gasteiger partial charge in [0.25, 0.3) is 0 Å². The second-order valence-corrected chi connectivity index (χ2v) is 5.27. The smallest absolute Gasteiger partial charge is 0.201 e. The number of benzene rings is 2. The summed E-state index contributed by atoms with van der Waals surface area (Å²) in [5, 5.41) is 0.874. The Morgan fingerprint density at radius 2 is 1.82 bits per heavy atom. The number of hydrogen-bond acceptors (Lipinski definition) is 6. The summed E-state index contributed by atoms with van der Waals surface area (Å²) in [4.78, 5) is 0. The number of hydrogen-bond donors (Lipinski definition) is 0. The number of fused-ring (bicyclic) bond motifs is 2. The highest BCUT2D eigenvalue weighted by atomic mass is 32.2. The van der Waals surface area contributed by atoms with Crippen LogP contribution in [0.3, 0.4) is 0 Å². The molecule has 0 amide bonds. The normalized spacial score (nSPS) is 16.6. The molecule has 5 nitrogen and oxygen atoms in total. The molecule has 2 aromatic carbocycles. The predicted octanol–water partition coefficient (Wildman–Crippen LogP) is 4.90. The molecule has 4 rings (SSSR count). The summed E-state index contributed by atoms with van der Waals surface area (Å²) < 4.78 is 25.0. The molecule has 2 heterocycles. The van der Waals surface area contributed by atoms with E-state index >= 15 is 0 Å². The Morgan fingerprint density at radius 1 is 0.955 bits per heavy atom. The van der Waals surface area contributed by atoms with Crippen molar-refractivity contribution < 1.29 is 18.1 Å². The minimum absolute atomic E-state index is 0.221. The van der Waals surface area contributed by atoms with Crippen LogP contribution in [0.25, 0.3) is 11.0 Å². The SMILES string of the molecule is C1=NSOc2ccccc2C1c1cc2ccccc2ooo1. The van der Waals surface area contributed by atoms with Crippen LogP contribution >= 0.6 is 12.2 Å². The molecule has 0 radical (unpaired) electrons. The van der Waals surface area contributed by atoms with Crippen molar-refractivity contribution in [3.05, 3.63) is 65.9 Å². The van der Waals surface area contributed by atoms with Crippen molar-refractivity contribution in [3.8, 4) is 5.75 Å². The maximum atomic E-state index is 5.53. The zero-order chi connectivity index (χ0) is 14.8. The molecule has 110 valence electrons. The molecule has 0 N–H and O–H groups in total. The van der Waals surface area contributed by atoms with Crippen molar-refractivity contribution in [1.82, 2.24) is 0 Å². The Labute approximate surface area is 130 Å². The van der Waals surface area contributed by atoms with Crippen molar-refractivity contribution in [2.75, 3.05) is 0 Å². The van der Waals surface area contributed by atoms with Crippen LogP contribution in [-0.4, -0.2) is 6.21 Å². The van der Waals surface area contributed by atoms with E-state index in [1.807, 2.05) is 54.6 Å². The Morgan fingerprint density at radius 3 is 2.82 bits per heavy atom. The fourth-order valence-corrected chi connectivity index (χ4v) is 2.80. The van der Waals surface area contributed by atoms with E-state index in [1.54, 1.807) is 6.21 Å². The molecule has 1 aliphatic heterocycles. The molecule has 1 aliphatic rings. The zero-order valence-corrected chi connectivity index (χ0v) is 12.2. The molecule has 1 atom stereocenters. The summed E-state index contributed by atoms with van der Waals surface area (Å²) in [5.41, 5.74) is 1.55. The van der Waals surface area contributed by atoms with Gasteiger partial charge in [-0.05, 0) is 18.2 Å². The van der Waals surface area contributed by atoms with Crippen LogP contribution < -0.4 is 4.18 Å². The molecular formula is C16H11NO4S. The van der Waals surface area contributed by atoms with Gasteiger partial charge in [0.1, 0.15) is 5.75 Å². The van der Waals surface area contributed by atoms with Crippen LogP contribution in [0.2, 0.25) is 0 Å². The number of para-hydroxylation sites is 2. The molecule has 0 spiro atoms. The van der Waals surface area contributed by atoms with Crippen molar-refractivity contribution in [2.45, 2.75) is 5.92 Å². The van der Waals surface area contributed by atoms with E-state index in [0.717, 1.165) is 28.9 Å². The van der Waals surface area contributed by atoms with Gasteiger partial charge >= 0.3 is 0 Å². The van der Waals surface area contributed by atoms with Gasteiger partial charge in [-0.25, -0.2) is 0 Å². The molecule has 0 bridgehead atoms. The topological polar surface area (TPSA) is 61.0 Å². The molecule has 6 heteroatoms. The Bertz CT molecular complexity index is 875. The Hall–Kier alpha value is -2.60. The third kappa shape index (κ3) is 2.37. The van der Waals surface area contributed by atoms with Gasteiger partial charge in [-0.3, -0.25) is 9.15 Å². The van der Waals surface area contributed by atoms with E-state index in [-0.39, 0.29) is 5.92 Å². The fraction of sp³-hybridized carbons (Fsp3) is 0.0625. The van der Waals surface area contributed by atoms with E-state index < -0.39 is 0 Å². The summed E-state index contributed by atoms with van der Waals surface area (Å²) in [7, 11) is 0. The van der Waals surface area contributed by atoms with Crippen LogP contribution in [-0.2, 0) is 0 Å². The first-order valence-corrected chi connectivity index (χ1v) is 7.39. The van der Waals surface area contributed by atoms with Crippen LogP contribution in [0.4, 0.5) is 0 Å². The van der Waals surface area contributed by atoms with Crippen molar-refractivity contribution in [3.63, 3.8) is 0 Å². The molecule has 3 aromatic rings. The van der Waals surface area contributed by atoms with E-state index in [2.05, 4.69) is 4.40 Å². The average molecular weight is 313 g/mol. The number of nitrogens with zero attached hydrogens (tertiary/aromatic N) is 1. The monoisotopic (exact) mass is 313 g/mol. The van der Waals surface area contributed by atoms with Crippen molar-refractivity contribution in [2.24, 2.45) is 4.40 Å². The lowest BCUT2D eigenvalue weighted by atomic mass is 9.96. The summed E-state index contributed by atoms with van der Waals surface area (Å²) in [5.74, 6) is 1.10. The lowest BCUT2D eigenvalue weighted by Crippen LogP contribution is -2.01. The van der Waals surface area contributed by atoms with Gasteiger partial charge in [0.05, 0.1) is 5.92 Å². The minimum Gasteiger partial charge on any atom is -0.404 e. The Kier molecular flexibility index (Phi) is 3.36. The molecule has 1 unspecified atom stereocenters. The standard InChI is InChI=1S/C16H11NO4S/c1-3-7-14-11(5-1)9-16(19-21-18-14)13-10-17-22-20-15-8-4-2-6-12(13)15/h1-10,13H. The van der Waals surface area contributed by atoms with E-state index in [4.69, 9.17) is 18.1 Å². The average Bonchev–Trinajstić information content (AvgIpc) is 2.90. The maximum Gasteiger partial charge on any atom is 0.201 e.